The summed E-state index contributed by atoms with van der Waals surface area (Å²) in [5, 5.41) is 13.5. The molecule has 0 saturated heterocycles. The van der Waals surface area contributed by atoms with E-state index in [1.165, 1.54) is 0 Å². The lowest BCUT2D eigenvalue weighted by Gasteiger charge is -2.11. The molecule has 5 nitrogen and oxygen atoms in total. The number of nitrogens with two attached hydrogens (primary N) is 1. The molecule has 0 fully saturated rings. The maximum Gasteiger partial charge on any atom is 0.305 e. The van der Waals surface area contributed by atoms with Crippen molar-refractivity contribution in [3.63, 3.8) is 0 Å². The average molecular weight is 245 g/mol. The van der Waals surface area contributed by atoms with Gasteiger partial charge in [-0.25, -0.2) is 4.98 Å². The molecule has 2 aromatic rings. The van der Waals surface area contributed by atoms with Gasteiger partial charge in [0.1, 0.15) is 5.82 Å². The highest BCUT2D eigenvalue weighted by molar-refractivity contribution is 6.01. The molecule has 0 bridgehead atoms. The van der Waals surface area contributed by atoms with Gasteiger partial charge >= 0.3 is 5.97 Å². The molecule has 5 heteroatoms. The van der Waals surface area contributed by atoms with Gasteiger partial charge in [-0.1, -0.05) is 12.1 Å². The molecule has 0 atom stereocenters. The number of nitrogens with one attached hydrogen (secondary N) is 1. The smallest absolute Gasteiger partial charge is 0.305 e. The standard InChI is InChI=1S/C13H15N3O2/c1-8-7-16-13(15-6-5-11(17)18)9-3-2-4-10(14)12(8)9/h2-4,7H,5-6,14H2,1H3,(H,15,16)(H,17,18). The van der Waals surface area contributed by atoms with E-state index in [9.17, 15) is 4.79 Å². The van der Waals surface area contributed by atoms with Crippen molar-refractivity contribution in [3.05, 3.63) is 30.0 Å². The van der Waals surface area contributed by atoms with Gasteiger partial charge in [-0.15, -0.1) is 0 Å². The van der Waals surface area contributed by atoms with Crippen LogP contribution >= 0.6 is 0 Å². The number of rotatable bonds is 4. The highest BCUT2D eigenvalue weighted by atomic mass is 16.4. The van der Waals surface area contributed by atoms with Gasteiger partial charge in [0.05, 0.1) is 6.42 Å². The Bertz CT molecular complexity index is 588. The molecule has 0 amide bonds. The van der Waals surface area contributed by atoms with Gasteiger partial charge in [0.25, 0.3) is 0 Å². The maximum atomic E-state index is 10.5. The molecule has 2 rings (SSSR count). The highest BCUT2D eigenvalue weighted by Crippen LogP contribution is 2.28. The van der Waals surface area contributed by atoms with Gasteiger partial charge in [0.2, 0.25) is 0 Å². The van der Waals surface area contributed by atoms with Crippen LogP contribution < -0.4 is 11.1 Å². The molecule has 0 aliphatic heterocycles. The molecular formula is C13H15N3O2. The third kappa shape index (κ3) is 2.34. The van der Waals surface area contributed by atoms with Crippen molar-refractivity contribution in [2.45, 2.75) is 13.3 Å². The molecule has 1 aromatic heterocycles. The average Bonchev–Trinajstić information content (AvgIpc) is 2.32. The lowest BCUT2D eigenvalue weighted by atomic mass is 10.1. The summed E-state index contributed by atoms with van der Waals surface area (Å²) in [6.45, 7) is 2.29. The van der Waals surface area contributed by atoms with Gasteiger partial charge in [-0.3, -0.25) is 4.79 Å². The van der Waals surface area contributed by atoms with E-state index in [1.807, 2.05) is 25.1 Å². The summed E-state index contributed by atoms with van der Waals surface area (Å²) in [5.74, 6) is -0.164. The predicted octanol–water partition coefficient (Wildman–Crippen LogP) is 2.01. The molecule has 94 valence electrons. The predicted molar refractivity (Wildman–Crippen MR) is 71.6 cm³/mol. The summed E-state index contributed by atoms with van der Waals surface area (Å²) < 4.78 is 0. The first-order valence-electron chi connectivity index (χ1n) is 5.69. The lowest BCUT2D eigenvalue weighted by molar-refractivity contribution is -0.136. The van der Waals surface area contributed by atoms with Gasteiger partial charge < -0.3 is 16.2 Å². The Hall–Kier alpha value is -2.30. The number of aliphatic carboxylic acids is 1. The van der Waals surface area contributed by atoms with E-state index < -0.39 is 5.97 Å². The molecule has 0 radical (unpaired) electrons. The van der Waals surface area contributed by atoms with Crippen molar-refractivity contribution < 1.29 is 9.90 Å². The van der Waals surface area contributed by atoms with E-state index in [0.29, 0.717) is 18.1 Å². The number of benzene rings is 1. The van der Waals surface area contributed by atoms with Crippen LogP contribution in [0.15, 0.2) is 24.4 Å². The number of hydrogen-bond donors (Lipinski definition) is 3. The molecule has 0 aliphatic rings. The van der Waals surface area contributed by atoms with Gasteiger partial charge in [-0.05, 0) is 18.6 Å². The van der Waals surface area contributed by atoms with Gasteiger partial charge in [0, 0.05) is 29.2 Å². The third-order valence-electron chi connectivity index (χ3n) is 2.76. The number of hydrogen-bond acceptors (Lipinski definition) is 4. The summed E-state index contributed by atoms with van der Waals surface area (Å²) in [4.78, 5) is 14.8. The number of carboxylic acids is 1. The Kier molecular flexibility index (Phi) is 3.32. The van der Waals surface area contributed by atoms with E-state index in [-0.39, 0.29) is 6.42 Å². The third-order valence-corrected chi connectivity index (χ3v) is 2.76. The summed E-state index contributed by atoms with van der Waals surface area (Å²) in [7, 11) is 0. The molecule has 18 heavy (non-hydrogen) atoms. The zero-order valence-corrected chi connectivity index (χ0v) is 10.1. The van der Waals surface area contributed by atoms with E-state index in [4.69, 9.17) is 10.8 Å². The van der Waals surface area contributed by atoms with Crippen LogP contribution in [0.5, 0.6) is 0 Å². The van der Waals surface area contributed by atoms with Crippen LogP contribution in [0.25, 0.3) is 10.8 Å². The summed E-state index contributed by atoms with van der Waals surface area (Å²) >= 11 is 0. The fourth-order valence-corrected chi connectivity index (χ4v) is 1.93. The van der Waals surface area contributed by atoms with Crippen molar-refractivity contribution in [2.75, 3.05) is 17.6 Å². The zero-order chi connectivity index (χ0) is 13.1. The van der Waals surface area contributed by atoms with Crippen LogP contribution in [-0.4, -0.2) is 22.6 Å². The van der Waals surface area contributed by atoms with Crippen molar-refractivity contribution in [2.24, 2.45) is 0 Å². The summed E-state index contributed by atoms with van der Waals surface area (Å²) in [5.41, 5.74) is 7.66. The molecule has 1 heterocycles. The van der Waals surface area contributed by atoms with Crippen LogP contribution in [0.4, 0.5) is 11.5 Å². The van der Waals surface area contributed by atoms with Crippen LogP contribution in [0.3, 0.4) is 0 Å². The second-order valence-electron chi connectivity index (χ2n) is 4.13. The minimum Gasteiger partial charge on any atom is -0.481 e. The maximum absolute atomic E-state index is 10.5. The number of pyridine rings is 1. The van der Waals surface area contributed by atoms with Crippen molar-refractivity contribution in [3.8, 4) is 0 Å². The normalized spacial score (nSPS) is 10.5. The Morgan fingerprint density at radius 1 is 1.50 bits per heavy atom. The van der Waals surface area contributed by atoms with Crippen molar-refractivity contribution in [1.29, 1.82) is 0 Å². The Morgan fingerprint density at radius 3 is 3.00 bits per heavy atom. The number of nitrogens with zero attached hydrogens (tertiary/aromatic N) is 1. The van der Waals surface area contributed by atoms with Crippen molar-refractivity contribution in [1.82, 2.24) is 4.98 Å². The zero-order valence-electron chi connectivity index (χ0n) is 10.1. The molecule has 0 spiro atoms. The quantitative estimate of drug-likeness (QED) is 0.717. The van der Waals surface area contributed by atoms with E-state index >= 15 is 0 Å². The Balaban J connectivity index is 2.37. The molecule has 0 unspecified atom stereocenters. The van der Waals surface area contributed by atoms with Gasteiger partial charge in [0.15, 0.2) is 0 Å². The number of anilines is 2. The Morgan fingerprint density at radius 2 is 2.28 bits per heavy atom. The minimum absolute atomic E-state index is 0.0549. The largest absolute Gasteiger partial charge is 0.481 e. The first-order chi connectivity index (χ1) is 8.59. The van der Waals surface area contributed by atoms with E-state index in [0.717, 1.165) is 16.3 Å². The van der Waals surface area contributed by atoms with Crippen LogP contribution in [0.1, 0.15) is 12.0 Å². The molecule has 0 aliphatic carbocycles. The summed E-state index contributed by atoms with van der Waals surface area (Å²) in [6, 6.07) is 5.63. The second-order valence-corrected chi connectivity index (χ2v) is 4.13. The van der Waals surface area contributed by atoms with Crippen LogP contribution in [-0.2, 0) is 4.79 Å². The van der Waals surface area contributed by atoms with Gasteiger partial charge in [-0.2, -0.15) is 0 Å². The number of carboxylic acid groups (broad SMARTS) is 1. The van der Waals surface area contributed by atoms with Crippen LogP contribution in [0.2, 0.25) is 0 Å². The molecule has 4 N–H and O–H groups in total. The fraction of sp³-hybridized carbons (Fsp3) is 0.231. The first kappa shape index (κ1) is 12.2. The highest BCUT2D eigenvalue weighted by Gasteiger charge is 2.07. The van der Waals surface area contributed by atoms with E-state index in [2.05, 4.69) is 10.3 Å². The number of aromatic nitrogens is 1. The number of carbonyl (C=O) groups is 1. The Labute approximate surface area is 105 Å². The minimum atomic E-state index is -0.835. The second kappa shape index (κ2) is 4.91. The number of aryl methyl sites for hydroxylation is 1. The number of fused-ring (bicyclic) bond motifs is 1. The van der Waals surface area contributed by atoms with Crippen LogP contribution in [0, 0.1) is 6.92 Å². The molecule has 1 aromatic carbocycles. The summed E-state index contributed by atoms with van der Waals surface area (Å²) in [6.07, 6.45) is 1.79. The SMILES string of the molecule is Cc1cnc(NCCC(=O)O)c2cccc(N)c12. The number of nitrogen functional groups attached to an aromatic ring is 1. The van der Waals surface area contributed by atoms with Crippen molar-refractivity contribution >= 4 is 28.2 Å². The fourth-order valence-electron chi connectivity index (χ4n) is 1.93. The first-order valence-corrected chi connectivity index (χ1v) is 5.69. The molecular weight excluding hydrogens is 230 g/mol. The lowest BCUT2D eigenvalue weighted by Crippen LogP contribution is -2.09. The molecule has 0 saturated carbocycles. The topological polar surface area (TPSA) is 88.2 Å². The monoisotopic (exact) mass is 245 g/mol. The van der Waals surface area contributed by atoms with E-state index in [1.54, 1.807) is 6.20 Å².